The van der Waals surface area contributed by atoms with Crippen molar-refractivity contribution < 1.29 is 0 Å². The van der Waals surface area contributed by atoms with Gasteiger partial charge in [-0.3, -0.25) is 10.5 Å². The van der Waals surface area contributed by atoms with Crippen LogP contribution in [0.4, 0.5) is 5.95 Å². The zero-order valence-electron chi connectivity index (χ0n) is 10.2. The number of hydrazine groups is 1. The predicted octanol–water partition coefficient (Wildman–Crippen LogP) is 0.227. The number of fused-ring (bicyclic) bond motifs is 1. The smallest absolute Gasteiger partial charge is 0.240 e. The van der Waals surface area contributed by atoms with E-state index < -0.39 is 0 Å². The van der Waals surface area contributed by atoms with Gasteiger partial charge in [0.15, 0.2) is 10.8 Å². The summed E-state index contributed by atoms with van der Waals surface area (Å²) in [5.41, 5.74) is 3.04. The Hall–Kier alpha value is -2.20. The maximum Gasteiger partial charge on any atom is 0.240 e. The van der Waals surface area contributed by atoms with Gasteiger partial charge >= 0.3 is 0 Å². The quantitative estimate of drug-likeness (QED) is 0.353. The first-order valence-corrected chi connectivity index (χ1v) is 6.22. The fourth-order valence-corrected chi connectivity index (χ4v) is 2.43. The summed E-state index contributed by atoms with van der Waals surface area (Å²) >= 11 is 1.38. The molecule has 3 heterocycles. The Morgan fingerprint density at radius 3 is 2.89 bits per heavy atom. The minimum Gasteiger partial charge on any atom is -0.309 e. The van der Waals surface area contributed by atoms with Crippen molar-refractivity contribution in [3.05, 3.63) is 12.0 Å². The molecular formula is C9H11N9S. The zero-order valence-corrected chi connectivity index (χ0v) is 11.1. The van der Waals surface area contributed by atoms with Gasteiger partial charge in [0.2, 0.25) is 5.95 Å². The Morgan fingerprint density at radius 2 is 2.21 bits per heavy atom. The predicted molar refractivity (Wildman–Crippen MR) is 69.4 cm³/mol. The molecule has 0 unspecified atom stereocenters. The molecule has 3 aromatic heterocycles. The van der Waals surface area contributed by atoms with Gasteiger partial charge in [0, 0.05) is 7.05 Å². The summed E-state index contributed by atoms with van der Waals surface area (Å²) in [6.45, 7) is 1.89. The number of aromatic nitrogens is 7. The van der Waals surface area contributed by atoms with Gasteiger partial charge in [0.05, 0.1) is 11.6 Å². The third kappa shape index (κ3) is 2.00. The number of hydrogen-bond donors (Lipinski definition) is 3. The second kappa shape index (κ2) is 4.48. The number of aryl methyl sites for hydroxylation is 1. The van der Waals surface area contributed by atoms with Gasteiger partial charge in [0.25, 0.3) is 0 Å². The third-order valence-corrected chi connectivity index (χ3v) is 3.69. The highest BCUT2D eigenvalue weighted by molar-refractivity contribution is 7.99. The van der Waals surface area contributed by atoms with E-state index >= 15 is 0 Å². The number of nitrogens with two attached hydrogens (primary N) is 1. The number of anilines is 1. The third-order valence-electron chi connectivity index (χ3n) is 2.64. The second-order valence-electron chi connectivity index (χ2n) is 3.82. The number of nitrogens with one attached hydrogen (secondary N) is 2. The van der Waals surface area contributed by atoms with Crippen LogP contribution in [0.1, 0.15) is 5.82 Å². The average Bonchev–Trinajstić information content (AvgIpc) is 3.00. The molecule has 0 radical (unpaired) electrons. The van der Waals surface area contributed by atoms with E-state index in [0.29, 0.717) is 16.6 Å². The summed E-state index contributed by atoms with van der Waals surface area (Å²) in [4.78, 5) is 8.47. The van der Waals surface area contributed by atoms with Crippen LogP contribution in [0.2, 0.25) is 0 Å². The Morgan fingerprint density at radius 1 is 1.37 bits per heavy atom. The monoisotopic (exact) mass is 277 g/mol. The molecule has 0 aliphatic carbocycles. The topological polar surface area (TPSA) is 123 Å². The van der Waals surface area contributed by atoms with Gasteiger partial charge in [-0.25, -0.2) is 10.8 Å². The van der Waals surface area contributed by atoms with Crippen molar-refractivity contribution in [1.29, 1.82) is 0 Å². The van der Waals surface area contributed by atoms with Crippen molar-refractivity contribution in [2.24, 2.45) is 12.9 Å². The summed E-state index contributed by atoms with van der Waals surface area (Å²) in [5, 5.41) is 17.1. The van der Waals surface area contributed by atoms with Crippen LogP contribution in [0.3, 0.4) is 0 Å². The molecule has 0 aliphatic heterocycles. The summed E-state index contributed by atoms with van der Waals surface area (Å²) in [7, 11) is 1.90. The Labute approximate surface area is 112 Å². The molecular weight excluding hydrogens is 266 g/mol. The highest BCUT2D eigenvalue weighted by Crippen LogP contribution is 2.30. The zero-order chi connectivity index (χ0) is 13.4. The molecule has 0 spiro atoms. The molecule has 0 saturated carbocycles. The first-order valence-electron chi connectivity index (χ1n) is 5.40. The fourth-order valence-electron chi connectivity index (χ4n) is 1.51. The maximum atomic E-state index is 5.35. The van der Waals surface area contributed by atoms with Crippen molar-refractivity contribution in [3.8, 4) is 0 Å². The van der Waals surface area contributed by atoms with Crippen LogP contribution in [-0.4, -0.2) is 34.9 Å². The lowest BCUT2D eigenvalue weighted by Gasteiger charge is -2.04. The molecule has 0 saturated heterocycles. The van der Waals surface area contributed by atoms with Crippen LogP contribution in [0, 0.1) is 6.92 Å². The number of rotatable bonds is 3. The lowest BCUT2D eigenvalue weighted by Crippen LogP contribution is -2.11. The van der Waals surface area contributed by atoms with E-state index in [4.69, 9.17) is 5.84 Å². The molecule has 3 rings (SSSR count). The van der Waals surface area contributed by atoms with Gasteiger partial charge in [-0.15, -0.1) is 10.2 Å². The second-order valence-corrected chi connectivity index (χ2v) is 4.78. The molecule has 0 fully saturated rings. The van der Waals surface area contributed by atoms with Crippen LogP contribution >= 0.6 is 11.8 Å². The van der Waals surface area contributed by atoms with Crippen molar-refractivity contribution in [2.75, 3.05) is 5.43 Å². The van der Waals surface area contributed by atoms with Gasteiger partial charge < -0.3 is 4.57 Å². The SMILES string of the molecule is Cc1nnc(Sc2nc(NN)nc3[nH]ncc23)n1C. The normalized spacial score (nSPS) is 11.1. The van der Waals surface area contributed by atoms with Crippen LogP contribution in [0.25, 0.3) is 11.0 Å². The van der Waals surface area contributed by atoms with E-state index in [1.54, 1.807) is 6.20 Å². The highest BCUT2D eigenvalue weighted by Gasteiger charge is 2.14. The van der Waals surface area contributed by atoms with Gasteiger partial charge in [-0.2, -0.15) is 10.1 Å². The van der Waals surface area contributed by atoms with Gasteiger partial charge in [-0.1, -0.05) is 0 Å². The first-order chi connectivity index (χ1) is 9.19. The highest BCUT2D eigenvalue weighted by atomic mass is 32.2. The summed E-state index contributed by atoms with van der Waals surface area (Å²) < 4.78 is 1.88. The molecule has 19 heavy (non-hydrogen) atoms. The lowest BCUT2D eigenvalue weighted by molar-refractivity contribution is 0.765. The molecule has 0 aliphatic rings. The molecule has 0 amide bonds. The fraction of sp³-hybridized carbons (Fsp3) is 0.222. The maximum absolute atomic E-state index is 5.35. The molecule has 9 nitrogen and oxygen atoms in total. The van der Waals surface area contributed by atoms with E-state index in [2.05, 4.69) is 35.8 Å². The van der Waals surface area contributed by atoms with Gasteiger partial charge in [-0.05, 0) is 18.7 Å². The standard InChI is InChI=1S/C9H11N9S/c1-4-15-17-9(18(4)2)19-7-5-3-11-16-6(5)12-8(13-7)14-10/h3H,10H2,1-2H3,(H2,11,12,13,14,16). The molecule has 10 heteroatoms. The van der Waals surface area contributed by atoms with Crippen molar-refractivity contribution >= 4 is 28.7 Å². The lowest BCUT2D eigenvalue weighted by atomic mass is 10.4. The van der Waals surface area contributed by atoms with E-state index in [0.717, 1.165) is 16.4 Å². The first kappa shape index (κ1) is 11.9. The van der Waals surface area contributed by atoms with Crippen molar-refractivity contribution in [2.45, 2.75) is 17.1 Å². The van der Waals surface area contributed by atoms with E-state index in [9.17, 15) is 0 Å². The molecule has 98 valence electrons. The van der Waals surface area contributed by atoms with E-state index in [1.165, 1.54) is 11.8 Å². The number of nitrogen functional groups attached to an aromatic ring is 1. The van der Waals surface area contributed by atoms with Crippen LogP contribution in [0.15, 0.2) is 16.4 Å². The van der Waals surface area contributed by atoms with Crippen LogP contribution in [-0.2, 0) is 7.05 Å². The minimum absolute atomic E-state index is 0.318. The molecule has 0 atom stereocenters. The van der Waals surface area contributed by atoms with Crippen molar-refractivity contribution in [1.82, 2.24) is 34.9 Å². The Balaban J connectivity index is 2.08. The summed E-state index contributed by atoms with van der Waals surface area (Å²) in [5.74, 6) is 6.50. The van der Waals surface area contributed by atoms with E-state index in [-0.39, 0.29) is 0 Å². The minimum atomic E-state index is 0.318. The Bertz CT molecular complexity index is 730. The largest absolute Gasteiger partial charge is 0.309 e. The molecule has 0 aromatic carbocycles. The van der Waals surface area contributed by atoms with Crippen LogP contribution in [0.5, 0.6) is 0 Å². The van der Waals surface area contributed by atoms with Gasteiger partial charge in [0.1, 0.15) is 10.9 Å². The number of H-pyrrole nitrogens is 1. The number of hydrogen-bond acceptors (Lipinski definition) is 8. The molecule has 3 aromatic rings. The molecule has 0 bridgehead atoms. The Kier molecular flexibility index (Phi) is 2.80. The van der Waals surface area contributed by atoms with Crippen LogP contribution < -0.4 is 11.3 Å². The van der Waals surface area contributed by atoms with Crippen molar-refractivity contribution in [3.63, 3.8) is 0 Å². The van der Waals surface area contributed by atoms with E-state index in [1.807, 2.05) is 18.5 Å². The average molecular weight is 277 g/mol. The number of aromatic amines is 1. The number of nitrogens with zero attached hydrogens (tertiary/aromatic N) is 6. The summed E-state index contributed by atoms with van der Waals surface area (Å²) in [6.07, 6.45) is 1.67. The molecule has 4 N–H and O–H groups in total. The summed E-state index contributed by atoms with van der Waals surface area (Å²) in [6, 6.07) is 0.